The number of nitrogens with two attached hydrogens (primary N) is 1. The van der Waals surface area contributed by atoms with Crippen molar-refractivity contribution in [3.05, 3.63) is 26.7 Å². The Morgan fingerprint density at radius 2 is 2.00 bits per heavy atom. The summed E-state index contributed by atoms with van der Waals surface area (Å²) in [4.78, 5) is 9.56. The Labute approximate surface area is 95.3 Å². The molecule has 88 valence electrons. The number of anilines is 1. The molecule has 5 nitrogen and oxygen atoms in total. The number of alkyl halides is 3. The number of hydrogen-bond donors (Lipinski definition) is 1. The summed E-state index contributed by atoms with van der Waals surface area (Å²) in [5, 5.41) is 10.5. The summed E-state index contributed by atoms with van der Waals surface area (Å²) in [7, 11) is 0. The van der Waals surface area contributed by atoms with Gasteiger partial charge in [-0.25, -0.2) is 0 Å². The van der Waals surface area contributed by atoms with Crippen molar-refractivity contribution in [2.45, 2.75) is 6.36 Å². The van der Waals surface area contributed by atoms with Crippen LogP contribution in [0.15, 0.2) is 16.6 Å². The first-order valence-electron chi connectivity index (χ1n) is 3.70. The first kappa shape index (κ1) is 12.6. The fraction of sp³-hybridized carbons (Fsp3) is 0.143. The molecule has 0 fully saturated rings. The molecule has 0 aromatic heterocycles. The monoisotopic (exact) mass is 300 g/mol. The van der Waals surface area contributed by atoms with Crippen molar-refractivity contribution in [2.75, 3.05) is 5.73 Å². The van der Waals surface area contributed by atoms with Crippen molar-refractivity contribution in [3.8, 4) is 5.75 Å². The number of nitro groups is 1. The van der Waals surface area contributed by atoms with Gasteiger partial charge in [0.1, 0.15) is 11.4 Å². The minimum absolute atomic E-state index is 0.0408. The normalized spacial score (nSPS) is 11.2. The summed E-state index contributed by atoms with van der Waals surface area (Å²) >= 11 is 2.80. The average Bonchev–Trinajstić information content (AvgIpc) is 2.07. The van der Waals surface area contributed by atoms with Gasteiger partial charge in [0.15, 0.2) is 0 Å². The molecule has 0 unspecified atom stereocenters. The molecule has 0 saturated heterocycles. The third kappa shape index (κ3) is 2.99. The molecule has 2 N–H and O–H groups in total. The van der Waals surface area contributed by atoms with E-state index in [4.69, 9.17) is 5.73 Å². The van der Waals surface area contributed by atoms with Crippen LogP contribution >= 0.6 is 15.9 Å². The molecular weight excluding hydrogens is 297 g/mol. The molecule has 0 bridgehead atoms. The fourth-order valence-corrected chi connectivity index (χ4v) is 1.35. The zero-order chi connectivity index (χ0) is 12.5. The van der Waals surface area contributed by atoms with Gasteiger partial charge >= 0.3 is 6.36 Å². The number of ether oxygens (including phenoxy) is 1. The van der Waals surface area contributed by atoms with E-state index in [-0.39, 0.29) is 10.2 Å². The summed E-state index contributed by atoms with van der Waals surface area (Å²) in [6, 6.07) is 1.50. The number of hydrogen-bond acceptors (Lipinski definition) is 4. The average molecular weight is 301 g/mol. The molecule has 0 amide bonds. The maximum atomic E-state index is 11.9. The molecule has 1 rings (SSSR count). The van der Waals surface area contributed by atoms with Gasteiger partial charge in [-0.1, -0.05) is 0 Å². The molecule has 0 aliphatic carbocycles. The minimum atomic E-state index is -4.91. The number of nitrogens with zero attached hydrogens (tertiary/aromatic N) is 1. The molecule has 16 heavy (non-hydrogen) atoms. The van der Waals surface area contributed by atoms with Crippen LogP contribution in [0, 0.1) is 10.1 Å². The van der Waals surface area contributed by atoms with E-state index in [0.717, 1.165) is 6.07 Å². The Balaban J connectivity index is 3.19. The second kappa shape index (κ2) is 4.16. The van der Waals surface area contributed by atoms with E-state index in [2.05, 4.69) is 20.7 Å². The highest BCUT2D eigenvalue weighted by atomic mass is 79.9. The third-order valence-corrected chi connectivity index (χ3v) is 2.17. The lowest BCUT2D eigenvalue weighted by Crippen LogP contribution is -2.17. The lowest BCUT2D eigenvalue weighted by atomic mass is 10.2. The predicted octanol–water partition coefficient (Wildman–Crippen LogP) is 2.84. The molecule has 0 spiro atoms. The zero-order valence-electron chi connectivity index (χ0n) is 7.42. The Hall–Kier alpha value is -1.51. The summed E-state index contributed by atoms with van der Waals surface area (Å²) < 4.78 is 39.1. The van der Waals surface area contributed by atoms with Crippen LogP contribution in [0.3, 0.4) is 0 Å². The van der Waals surface area contributed by atoms with Gasteiger partial charge in [-0.3, -0.25) is 10.1 Å². The number of benzene rings is 1. The molecule has 0 aliphatic rings. The number of nitrogen functional groups attached to an aromatic ring is 1. The first-order valence-corrected chi connectivity index (χ1v) is 4.49. The highest BCUT2D eigenvalue weighted by Crippen LogP contribution is 2.36. The van der Waals surface area contributed by atoms with Gasteiger partial charge in [0.05, 0.1) is 15.5 Å². The Kier molecular flexibility index (Phi) is 3.27. The van der Waals surface area contributed by atoms with Crippen LogP contribution in [-0.2, 0) is 0 Å². The second-order valence-corrected chi connectivity index (χ2v) is 3.50. The zero-order valence-corrected chi connectivity index (χ0v) is 9.00. The number of rotatable bonds is 2. The number of halogens is 4. The summed E-state index contributed by atoms with van der Waals surface area (Å²) in [5.41, 5.74) is 4.37. The third-order valence-electron chi connectivity index (χ3n) is 1.51. The van der Waals surface area contributed by atoms with Gasteiger partial charge in [0.25, 0.3) is 5.69 Å². The predicted molar refractivity (Wildman–Crippen MR) is 51.9 cm³/mol. The maximum Gasteiger partial charge on any atom is 0.573 e. The van der Waals surface area contributed by atoms with Crippen LogP contribution in [0.2, 0.25) is 0 Å². The van der Waals surface area contributed by atoms with Crippen LogP contribution in [-0.4, -0.2) is 11.3 Å². The standard InChI is InChI=1S/C7H4BrF3N2O3/c8-4-1-3(16-7(9,10)11)2-5(6(4)12)13(14)15/h1-2H,12H2. The van der Waals surface area contributed by atoms with Gasteiger partial charge < -0.3 is 10.5 Å². The molecular formula is C7H4BrF3N2O3. The van der Waals surface area contributed by atoms with Gasteiger partial charge in [-0.2, -0.15) is 0 Å². The molecule has 9 heteroatoms. The molecule has 1 aromatic carbocycles. The highest BCUT2D eigenvalue weighted by Gasteiger charge is 2.32. The van der Waals surface area contributed by atoms with E-state index < -0.39 is 22.7 Å². The van der Waals surface area contributed by atoms with Gasteiger partial charge in [-0.15, -0.1) is 13.2 Å². The lowest BCUT2D eigenvalue weighted by molar-refractivity contribution is -0.384. The van der Waals surface area contributed by atoms with E-state index >= 15 is 0 Å². The van der Waals surface area contributed by atoms with E-state index in [1.54, 1.807) is 0 Å². The maximum absolute atomic E-state index is 11.9. The van der Waals surface area contributed by atoms with Crippen molar-refractivity contribution in [3.63, 3.8) is 0 Å². The first-order chi connectivity index (χ1) is 7.20. The molecule has 0 atom stereocenters. The number of nitro benzene ring substituents is 1. The van der Waals surface area contributed by atoms with E-state index in [9.17, 15) is 23.3 Å². The Morgan fingerprint density at radius 3 is 2.44 bits per heavy atom. The van der Waals surface area contributed by atoms with E-state index in [1.165, 1.54) is 0 Å². The van der Waals surface area contributed by atoms with Crippen LogP contribution in [0.5, 0.6) is 5.75 Å². The van der Waals surface area contributed by atoms with E-state index in [0.29, 0.717) is 6.07 Å². The highest BCUT2D eigenvalue weighted by molar-refractivity contribution is 9.10. The van der Waals surface area contributed by atoms with Crippen LogP contribution in [0.25, 0.3) is 0 Å². The van der Waals surface area contributed by atoms with E-state index in [1.807, 2.05) is 0 Å². The van der Waals surface area contributed by atoms with Crippen molar-refractivity contribution in [1.82, 2.24) is 0 Å². The SMILES string of the molecule is Nc1c(Br)cc(OC(F)(F)F)cc1[N+](=O)[O-]. The fourth-order valence-electron chi connectivity index (χ4n) is 0.923. The van der Waals surface area contributed by atoms with Crippen molar-refractivity contribution >= 4 is 27.3 Å². The van der Waals surface area contributed by atoms with Gasteiger partial charge in [-0.05, 0) is 22.0 Å². The van der Waals surface area contributed by atoms with Crippen molar-refractivity contribution < 1.29 is 22.8 Å². The molecule has 1 aromatic rings. The summed E-state index contributed by atoms with van der Waals surface area (Å²) in [5.74, 6) is -0.708. The Morgan fingerprint density at radius 1 is 1.44 bits per heavy atom. The lowest BCUT2D eigenvalue weighted by Gasteiger charge is -2.09. The van der Waals surface area contributed by atoms with Crippen LogP contribution in [0.1, 0.15) is 0 Å². The topological polar surface area (TPSA) is 78.4 Å². The largest absolute Gasteiger partial charge is 0.573 e. The summed E-state index contributed by atoms with van der Waals surface area (Å²) in [6.45, 7) is 0. The van der Waals surface area contributed by atoms with Gasteiger partial charge in [0, 0.05) is 0 Å². The summed E-state index contributed by atoms with van der Waals surface area (Å²) in [6.07, 6.45) is -4.91. The van der Waals surface area contributed by atoms with Crippen LogP contribution in [0.4, 0.5) is 24.5 Å². The van der Waals surface area contributed by atoms with Crippen molar-refractivity contribution in [2.24, 2.45) is 0 Å². The van der Waals surface area contributed by atoms with Crippen molar-refractivity contribution in [1.29, 1.82) is 0 Å². The molecule has 0 heterocycles. The molecule has 0 aliphatic heterocycles. The van der Waals surface area contributed by atoms with Crippen LogP contribution < -0.4 is 10.5 Å². The van der Waals surface area contributed by atoms with Gasteiger partial charge in [0.2, 0.25) is 0 Å². The Bertz CT molecular complexity index is 436. The molecule has 0 saturated carbocycles. The quantitative estimate of drug-likeness (QED) is 0.517. The minimum Gasteiger partial charge on any atom is -0.405 e. The molecule has 0 radical (unpaired) electrons. The smallest absolute Gasteiger partial charge is 0.405 e. The second-order valence-electron chi connectivity index (χ2n) is 2.64.